The fourth-order valence-electron chi connectivity index (χ4n) is 4.72. The van der Waals surface area contributed by atoms with Crippen LogP contribution >= 0.6 is 0 Å². The lowest BCUT2D eigenvalue weighted by molar-refractivity contribution is -0.133. The Balaban J connectivity index is 1.51. The van der Waals surface area contributed by atoms with Crippen LogP contribution in [0.5, 0.6) is 0 Å². The maximum atomic E-state index is 13.0. The molecular formula is C19H29N3O. The van der Waals surface area contributed by atoms with Crippen molar-refractivity contribution in [3.8, 4) is 0 Å². The highest BCUT2D eigenvalue weighted by Gasteiger charge is 2.44. The van der Waals surface area contributed by atoms with Crippen molar-refractivity contribution in [1.82, 2.24) is 14.7 Å². The van der Waals surface area contributed by atoms with E-state index >= 15 is 0 Å². The number of nitrogens with zero attached hydrogens (tertiary/aromatic N) is 3. The monoisotopic (exact) mass is 315 g/mol. The average molecular weight is 315 g/mol. The van der Waals surface area contributed by atoms with Gasteiger partial charge in [0.2, 0.25) is 5.91 Å². The highest BCUT2D eigenvalue weighted by molar-refractivity contribution is 5.77. The minimum Gasteiger partial charge on any atom is -0.336 e. The van der Waals surface area contributed by atoms with Crippen LogP contribution in [0.25, 0.3) is 0 Å². The van der Waals surface area contributed by atoms with Gasteiger partial charge in [-0.2, -0.15) is 5.10 Å². The van der Waals surface area contributed by atoms with Crippen molar-refractivity contribution >= 4 is 5.91 Å². The number of amides is 1. The van der Waals surface area contributed by atoms with E-state index in [1.54, 1.807) is 0 Å². The summed E-state index contributed by atoms with van der Waals surface area (Å²) in [5.41, 5.74) is 3.61. The van der Waals surface area contributed by atoms with Crippen molar-refractivity contribution in [2.24, 2.45) is 24.8 Å². The van der Waals surface area contributed by atoms with Crippen LogP contribution in [0.1, 0.15) is 67.9 Å². The first-order valence-electron chi connectivity index (χ1n) is 9.35. The summed E-state index contributed by atoms with van der Waals surface area (Å²) in [6.07, 6.45) is 8.46. The number of aryl methyl sites for hydroxylation is 2. The zero-order valence-corrected chi connectivity index (χ0v) is 14.7. The molecular weight excluding hydrogens is 286 g/mol. The van der Waals surface area contributed by atoms with Gasteiger partial charge in [-0.25, -0.2) is 0 Å². The highest BCUT2D eigenvalue weighted by Crippen LogP contribution is 2.51. The van der Waals surface area contributed by atoms with Gasteiger partial charge >= 0.3 is 0 Å². The largest absolute Gasteiger partial charge is 0.336 e. The van der Waals surface area contributed by atoms with Crippen molar-refractivity contribution in [1.29, 1.82) is 0 Å². The molecule has 0 aromatic carbocycles. The van der Waals surface area contributed by atoms with E-state index in [4.69, 9.17) is 0 Å². The van der Waals surface area contributed by atoms with Crippen LogP contribution < -0.4 is 0 Å². The van der Waals surface area contributed by atoms with Crippen molar-refractivity contribution < 1.29 is 4.79 Å². The summed E-state index contributed by atoms with van der Waals surface area (Å²) in [6, 6.07) is 0.259. The van der Waals surface area contributed by atoms with E-state index < -0.39 is 0 Å². The molecule has 2 saturated carbocycles. The first-order valence-corrected chi connectivity index (χ1v) is 9.35. The van der Waals surface area contributed by atoms with Crippen LogP contribution in [0, 0.1) is 31.6 Å². The topological polar surface area (TPSA) is 38.1 Å². The van der Waals surface area contributed by atoms with Crippen LogP contribution in [0.4, 0.5) is 0 Å². The molecule has 1 aliphatic heterocycles. The van der Waals surface area contributed by atoms with Crippen LogP contribution in [0.15, 0.2) is 0 Å². The molecule has 0 spiro atoms. The molecule has 4 rings (SSSR count). The third-order valence-electron chi connectivity index (χ3n) is 6.34. The van der Waals surface area contributed by atoms with E-state index in [9.17, 15) is 4.79 Å². The van der Waals surface area contributed by atoms with E-state index in [2.05, 4.69) is 23.8 Å². The molecule has 1 aromatic rings. The van der Waals surface area contributed by atoms with Crippen LogP contribution in [0.2, 0.25) is 0 Å². The second-order valence-electron chi connectivity index (χ2n) is 8.00. The quantitative estimate of drug-likeness (QED) is 0.834. The van der Waals surface area contributed by atoms with E-state index in [0.29, 0.717) is 11.8 Å². The second-order valence-corrected chi connectivity index (χ2v) is 8.00. The Morgan fingerprint density at radius 1 is 1.17 bits per heavy atom. The smallest absolute Gasteiger partial charge is 0.223 e. The van der Waals surface area contributed by atoms with Crippen molar-refractivity contribution in [3.05, 3.63) is 17.0 Å². The minimum atomic E-state index is 0.259. The maximum Gasteiger partial charge on any atom is 0.223 e. The van der Waals surface area contributed by atoms with Gasteiger partial charge in [-0.15, -0.1) is 0 Å². The van der Waals surface area contributed by atoms with Gasteiger partial charge in [-0.3, -0.25) is 9.48 Å². The second kappa shape index (κ2) is 5.64. The molecule has 0 bridgehead atoms. The van der Waals surface area contributed by atoms with Crippen LogP contribution in [-0.2, 0) is 11.8 Å². The standard InChI is InChI=1S/C19H29N3O/c1-12-19(13(2)21(3)20-12)17-5-4-10-22(17)18(23)11-16(14-6-7-14)15-8-9-15/h14-17H,4-11H2,1-3H3/t17-/m1/s1. The maximum absolute atomic E-state index is 13.0. The molecule has 1 amide bonds. The molecule has 0 N–H and O–H groups in total. The summed E-state index contributed by atoms with van der Waals surface area (Å²) >= 11 is 0. The fourth-order valence-corrected chi connectivity index (χ4v) is 4.72. The highest BCUT2D eigenvalue weighted by atomic mass is 16.2. The zero-order chi connectivity index (χ0) is 16.1. The Morgan fingerprint density at radius 3 is 2.35 bits per heavy atom. The summed E-state index contributed by atoms with van der Waals surface area (Å²) < 4.78 is 1.96. The number of carbonyl (C=O) groups is 1. The fraction of sp³-hybridized carbons (Fsp3) is 0.789. The Morgan fingerprint density at radius 2 is 1.83 bits per heavy atom. The molecule has 0 radical (unpaired) electrons. The number of aromatic nitrogens is 2. The molecule has 3 fully saturated rings. The molecule has 126 valence electrons. The number of carbonyl (C=O) groups excluding carboxylic acids is 1. The number of hydrogen-bond acceptors (Lipinski definition) is 2. The van der Waals surface area contributed by atoms with Gasteiger partial charge in [0.15, 0.2) is 0 Å². The molecule has 1 atom stereocenters. The molecule has 1 aromatic heterocycles. The Hall–Kier alpha value is -1.32. The van der Waals surface area contributed by atoms with Gasteiger partial charge in [0.05, 0.1) is 11.7 Å². The van der Waals surface area contributed by atoms with Gasteiger partial charge in [-0.1, -0.05) is 0 Å². The molecule has 2 heterocycles. The van der Waals surface area contributed by atoms with Crippen LogP contribution in [0.3, 0.4) is 0 Å². The number of likely N-dealkylation sites (tertiary alicyclic amines) is 1. The molecule has 23 heavy (non-hydrogen) atoms. The molecule has 3 aliphatic rings. The van der Waals surface area contributed by atoms with Crippen molar-refractivity contribution in [2.45, 2.75) is 64.8 Å². The molecule has 1 saturated heterocycles. The molecule has 2 aliphatic carbocycles. The summed E-state index contributed by atoms with van der Waals surface area (Å²) in [4.78, 5) is 15.2. The lowest BCUT2D eigenvalue weighted by Crippen LogP contribution is -2.33. The molecule has 0 unspecified atom stereocenters. The predicted molar refractivity (Wildman–Crippen MR) is 89.9 cm³/mol. The summed E-state index contributed by atoms with van der Waals surface area (Å²) in [6.45, 7) is 5.15. The first-order chi connectivity index (χ1) is 11.1. The Kier molecular flexibility index (Phi) is 3.73. The van der Waals surface area contributed by atoms with E-state index in [0.717, 1.165) is 43.3 Å². The summed E-state index contributed by atoms with van der Waals surface area (Å²) in [5, 5.41) is 4.57. The number of hydrogen-bond donors (Lipinski definition) is 0. The SMILES string of the molecule is Cc1nn(C)c(C)c1[C@H]1CCCN1C(=O)CC(C1CC1)C1CC1. The van der Waals surface area contributed by atoms with E-state index in [1.807, 2.05) is 11.7 Å². The molecule has 4 heteroatoms. The number of rotatable bonds is 5. The average Bonchev–Trinajstić information content (AvgIpc) is 3.42. The first kappa shape index (κ1) is 15.2. The van der Waals surface area contributed by atoms with Gasteiger partial charge in [-0.05, 0) is 70.1 Å². The predicted octanol–water partition coefficient (Wildman–Crippen LogP) is 3.53. The Labute approximate surface area is 139 Å². The van der Waals surface area contributed by atoms with Gasteiger partial charge in [0, 0.05) is 31.3 Å². The van der Waals surface area contributed by atoms with Crippen molar-refractivity contribution in [3.63, 3.8) is 0 Å². The van der Waals surface area contributed by atoms with E-state index in [1.165, 1.54) is 36.9 Å². The lowest BCUT2D eigenvalue weighted by Gasteiger charge is -2.27. The summed E-state index contributed by atoms with van der Waals surface area (Å²) in [5.74, 6) is 2.79. The van der Waals surface area contributed by atoms with Crippen molar-refractivity contribution in [2.75, 3.05) is 6.54 Å². The summed E-state index contributed by atoms with van der Waals surface area (Å²) in [7, 11) is 2.00. The third-order valence-corrected chi connectivity index (χ3v) is 6.34. The van der Waals surface area contributed by atoms with Gasteiger partial charge < -0.3 is 4.90 Å². The van der Waals surface area contributed by atoms with E-state index in [-0.39, 0.29) is 6.04 Å². The Bertz CT molecular complexity index is 600. The zero-order valence-electron chi connectivity index (χ0n) is 14.7. The third kappa shape index (κ3) is 2.81. The minimum absolute atomic E-state index is 0.259. The normalized spacial score (nSPS) is 24.7. The van der Waals surface area contributed by atoms with Crippen LogP contribution in [-0.4, -0.2) is 27.1 Å². The lowest BCUT2D eigenvalue weighted by atomic mass is 9.93. The molecule has 4 nitrogen and oxygen atoms in total. The van der Waals surface area contributed by atoms with Gasteiger partial charge in [0.25, 0.3) is 0 Å². The van der Waals surface area contributed by atoms with Gasteiger partial charge in [0.1, 0.15) is 0 Å².